The van der Waals surface area contributed by atoms with E-state index in [1.807, 2.05) is 20.8 Å². The first kappa shape index (κ1) is 13.1. The van der Waals surface area contributed by atoms with Crippen LogP contribution in [0.2, 0.25) is 0 Å². The summed E-state index contributed by atoms with van der Waals surface area (Å²) in [5.74, 6) is -0.297. The maximum absolute atomic E-state index is 13.0. The number of halogens is 1. The predicted octanol–water partition coefficient (Wildman–Crippen LogP) is 2.32. The van der Waals surface area contributed by atoms with Crippen molar-refractivity contribution in [2.24, 2.45) is 5.92 Å². The average molecular weight is 227 g/mol. The smallest absolute Gasteiger partial charge is 0.141 e. The summed E-state index contributed by atoms with van der Waals surface area (Å²) in [7, 11) is 0. The van der Waals surface area contributed by atoms with Crippen LogP contribution < -0.4 is 0 Å². The number of rotatable bonds is 5. The van der Waals surface area contributed by atoms with Crippen LogP contribution in [-0.2, 0) is 4.74 Å². The van der Waals surface area contributed by atoms with Crippen LogP contribution in [0.25, 0.3) is 0 Å². The molecule has 0 spiro atoms. The fraction of sp³-hybridized carbons (Fsp3) is 0.583. The van der Waals surface area contributed by atoms with Crippen LogP contribution in [0.4, 0.5) is 4.39 Å². The van der Waals surface area contributed by atoms with Gasteiger partial charge in [0.25, 0.3) is 0 Å². The van der Waals surface area contributed by atoms with E-state index in [2.05, 4.69) is 4.98 Å². The molecule has 1 aromatic rings. The van der Waals surface area contributed by atoms with Crippen molar-refractivity contribution in [1.82, 2.24) is 4.98 Å². The second-order valence-electron chi connectivity index (χ2n) is 4.05. The second kappa shape index (κ2) is 5.92. The molecule has 0 saturated heterocycles. The lowest BCUT2D eigenvalue weighted by atomic mass is 9.97. The van der Waals surface area contributed by atoms with Crippen LogP contribution in [0.3, 0.4) is 0 Å². The third-order valence-corrected chi connectivity index (χ3v) is 2.39. The zero-order valence-corrected chi connectivity index (χ0v) is 9.85. The van der Waals surface area contributed by atoms with Crippen LogP contribution in [0.1, 0.15) is 32.4 Å². The van der Waals surface area contributed by atoms with Crippen molar-refractivity contribution in [2.45, 2.75) is 33.0 Å². The fourth-order valence-corrected chi connectivity index (χ4v) is 1.62. The first-order valence-electron chi connectivity index (χ1n) is 5.46. The summed E-state index contributed by atoms with van der Waals surface area (Å²) in [6.45, 7) is 6.29. The fourth-order valence-electron chi connectivity index (χ4n) is 1.62. The molecule has 90 valence electrons. The quantitative estimate of drug-likeness (QED) is 0.839. The normalized spacial score (nSPS) is 15.1. The van der Waals surface area contributed by atoms with Gasteiger partial charge in [-0.25, -0.2) is 4.39 Å². The molecule has 2 atom stereocenters. The van der Waals surface area contributed by atoms with Gasteiger partial charge in [0.2, 0.25) is 0 Å². The molecule has 0 aliphatic heterocycles. The number of nitrogens with zero attached hydrogens (tertiary/aromatic N) is 1. The van der Waals surface area contributed by atoms with E-state index in [1.54, 1.807) is 0 Å². The number of hydrogen-bond acceptors (Lipinski definition) is 3. The molecule has 0 bridgehead atoms. The molecule has 1 heterocycles. The molecule has 4 heteroatoms. The van der Waals surface area contributed by atoms with E-state index in [0.717, 1.165) is 6.20 Å². The average Bonchev–Trinajstić information content (AvgIpc) is 2.24. The van der Waals surface area contributed by atoms with Crippen molar-refractivity contribution in [1.29, 1.82) is 0 Å². The molecule has 1 N–H and O–H groups in total. The van der Waals surface area contributed by atoms with Gasteiger partial charge in [0.15, 0.2) is 0 Å². The summed E-state index contributed by atoms with van der Waals surface area (Å²) < 4.78 is 18.4. The van der Waals surface area contributed by atoms with Gasteiger partial charge in [-0.05, 0) is 18.9 Å². The van der Waals surface area contributed by atoms with E-state index in [1.165, 1.54) is 12.3 Å². The summed E-state index contributed by atoms with van der Waals surface area (Å²) in [5, 5.41) is 10.1. The van der Waals surface area contributed by atoms with Gasteiger partial charge in [-0.2, -0.15) is 0 Å². The number of aliphatic hydroxyl groups is 1. The van der Waals surface area contributed by atoms with Gasteiger partial charge in [-0.3, -0.25) is 4.98 Å². The molecule has 0 radical (unpaired) electrons. The monoisotopic (exact) mass is 227 g/mol. The molecule has 0 aliphatic rings. The van der Waals surface area contributed by atoms with Gasteiger partial charge in [0.1, 0.15) is 11.9 Å². The van der Waals surface area contributed by atoms with E-state index < -0.39 is 11.9 Å². The van der Waals surface area contributed by atoms with Crippen molar-refractivity contribution in [3.63, 3.8) is 0 Å². The Labute approximate surface area is 95.3 Å². The number of pyridine rings is 1. The third kappa shape index (κ3) is 3.25. The van der Waals surface area contributed by atoms with Crippen LogP contribution in [0, 0.1) is 11.7 Å². The van der Waals surface area contributed by atoms with Gasteiger partial charge in [0, 0.05) is 18.4 Å². The molecule has 0 aromatic carbocycles. The van der Waals surface area contributed by atoms with Gasteiger partial charge in [0.05, 0.1) is 12.3 Å². The summed E-state index contributed by atoms with van der Waals surface area (Å²) in [4.78, 5) is 3.72. The Kier molecular flexibility index (Phi) is 4.83. The predicted molar refractivity (Wildman–Crippen MR) is 59.4 cm³/mol. The summed E-state index contributed by atoms with van der Waals surface area (Å²) >= 11 is 0. The van der Waals surface area contributed by atoms with Crippen molar-refractivity contribution < 1.29 is 14.2 Å². The van der Waals surface area contributed by atoms with Crippen molar-refractivity contribution in [2.75, 3.05) is 6.61 Å². The Morgan fingerprint density at radius 1 is 1.44 bits per heavy atom. The molecular formula is C12H18FNO2. The minimum absolute atomic E-state index is 0.151. The third-order valence-electron chi connectivity index (χ3n) is 2.39. The Bertz CT molecular complexity index is 331. The SMILES string of the molecule is CCOC(C(C)C)C(O)c1cncc(F)c1. The van der Waals surface area contributed by atoms with Crippen LogP contribution in [0.15, 0.2) is 18.5 Å². The van der Waals surface area contributed by atoms with Gasteiger partial charge >= 0.3 is 0 Å². The van der Waals surface area contributed by atoms with Gasteiger partial charge in [-0.1, -0.05) is 13.8 Å². The summed E-state index contributed by atoms with van der Waals surface area (Å²) in [6, 6.07) is 1.28. The van der Waals surface area contributed by atoms with Crippen molar-refractivity contribution in [3.8, 4) is 0 Å². The maximum atomic E-state index is 13.0. The number of hydrogen-bond donors (Lipinski definition) is 1. The molecule has 16 heavy (non-hydrogen) atoms. The molecule has 0 amide bonds. The molecular weight excluding hydrogens is 209 g/mol. The highest BCUT2D eigenvalue weighted by molar-refractivity contribution is 5.14. The highest BCUT2D eigenvalue weighted by atomic mass is 19.1. The van der Waals surface area contributed by atoms with Crippen LogP contribution >= 0.6 is 0 Å². The molecule has 0 aliphatic carbocycles. The van der Waals surface area contributed by atoms with Gasteiger partial charge < -0.3 is 9.84 Å². The van der Waals surface area contributed by atoms with Crippen molar-refractivity contribution in [3.05, 3.63) is 29.8 Å². The molecule has 3 nitrogen and oxygen atoms in total. The van der Waals surface area contributed by atoms with E-state index in [0.29, 0.717) is 12.2 Å². The molecule has 1 aromatic heterocycles. The topological polar surface area (TPSA) is 42.4 Å². The minimum Gasteiger partial charge on any atom is -0.386 e. The largest absolute Gasteiger partial charge is 0.386 e. The first-order valence-corrected chi connectivity index (χ1v) is 5.46. The van der Waals surface area contributed by atoms with Crippen LogP contribution in [0.5, 0.6) is 0 Å². The second-order valence-corrected chi connectivity index (χ2v) is 4.05. The Morgan fingerprint density at radius 2 is 2.12 bits per heavy atom. The Hall–Kier alpha value is -1.00. The summed E-state index contributed by atoms with van der Waals surface area (Å²) in [6.07, 6.45) is 1.39. The lowest BCUT2D eigenvalue weighted by Crippen LogP contribution is -2.28. The standard InChI is InChI=1S/C12H18FNO2/c1-4-16-12(8(2)3)11(15)9-5-10(13)7-14-6-9/h5-8,11-12,15H,4H2,1-3H3. The molecule has 1 rings (SSSR count). The van der Waals surface area contributed by atoms with E-state index >= 15 is 0 Å². The Morgan fingerprint density at radius 3 is 2.62 bits per heavy atom. The molecule has 0 saturated carbocycles. The van der Waals surface area contributed by atoms with Crippen LogP contribution in [-0.4, -0.2) is 22.8 Å². The van der Waals surface area contributed by atoms with E-state index in [9.17, 15) is 9.50 Å². The lowest BCUT2D eigenvalue weighted by Gasteiger charge is -2.26. The van der Waals surface area contributed by atoms with Gasteiger partial charge in [-0.15, -0.1) is 0 Å². The number of aliphatic hydroxyl groups excluding tert-OH is 1. The highest BCUT2D eigenvalue weighted by Crippen LogP contribution is 2.24. The van der Waals surface area contributed by atoms with Crippen molar-refractivity contribution >= 4 is 0 Å². The summed E-state index contributed by atoms with van der Waals surface area (Å²) in [5.41, 5.74) is 0.451. The number of aromatic nitrogens is 1. The molecule has 2 unspecified atom stereocenters. The first-order chi connectivity index (χ1) is 7.56. The van der Waals surface area contributed by atoms with E-state index in [-0.39, 0.29) is 12.0 Å². The zero-order chi connectivity index (χ0) is 12.1. The zero-order valence-electron chi connectivity index (χ0n) is 9.85. The molecule has 0 fully saturated rings. The minimum atomic E-state index is -0.844. The van der Waals surface area contributed by atoms with E-state index in [4.69, 9.17) is 4.74 Å². The maximum Gasteiger partial charge on any atom is 0.141 e. The Balaban J connectivity index is 2.85. The highest BCUT2D eigenvalue weighted by Gasteiger charge is 2.24. The lowest BCUT2D eigenvalue weighted by molar-refractivity contribution is -0.0587. The number of ether oxygens (including phenoxy) is 1.